The van der Waals surface area contributed by atoms with Gasteiger partial charge in [-0.15, -0.1) is 11.8 Å². The van der Waals surface area contributed by atoms with Crippen molar-refractivity contribution < 1.29 is 19.8 Å². The summed E-state index contributed by atoms with van der Waals surface area (Å²) in [6.45, 7) is 0.508. The number of hydrogen-bond donors (Lipinski definition) is 3. The second-order valence-corrected chi connectivity index (χ2v) is 5.77. The van der Waals surface area contributed by atoms with E-state index in [2.05, 4.69) is 5.32 Å². The van der Waals surface area contributed by atoms with E-state index in [4.69, 9.17) is 10.2 Å². The average molecular weight is 281 g/mol. The van der Waals surface area contributed by atoms with Gasteiger partial charge in [-0.3, -0.25) is 9.59 Å². The van der Waals surface area contributed by atoms with Crippen LogP contribution in [0.4, 0.5) is 0 Å². The Kier molecular flexibility index (Phi) is 4.44. The summed E-state index contributed by atoms with van der Waals surface area (Å²) in [5, 5.41) is 20.9. The van der Waals surface area contributed by atoms with E-state index in [1.807, 2.05) is 30.3 Å². The maximum atomic E-state index is 11.1. The highest BCUT2D eigenvalue weighted by atomic mass is 32.2. The molecule has 5 nitrogen and oxygen atoms in total. The zero-order valence-electron chi connectivity index (χ0n) is 10.2. The number of carboxylic acids is 2. The summed E-state index contributed by atoms with van der Waals surface area (Å²) in [5.41, 5.74) is 0. The van der Waals surface area contributed by atoms with E-state index in [-0.39, 0.29) is 11.7 Å². The van der Waals surface area contributed by atoms with Crippen LogP contribution in [0.5, 0.6) is 0 Å². The van der Waals surface area contributed by atoms with E-state index in [0.29, 0.717) is 6.54 Å². The number of aliphatic carboxylic acids is 2. The molecular formula is C13H15NO4S. The molecule has 1 fully saturated rings. The Morgan fingerprint density at radius 1 is 1.26 bits per heavy atom. The van der Waals surface area contributed by atoms with Crippen molar-refractivity contribution in [3.8, 4) is 0 Å². The van der Waals surface area contributed by atoms with Gasteiger partial charge in [0, 0.05) is 22.6 Å². The Morgan fingerprint density at radius 2 is 1.95 bits per heavy atom. The Bertz CT molecular complexity index is 465. The number of benzene rings is 1. The zero-order chi connectivity index (χ0) is 13.8. The van der Waals surface area contributed by atoms with E-state index in [0.717, 1.165) is 4.90 Å². The summed E-state index contributed by atoms with van der Waals surface area (Å²) in [5.74, 6) is -2.35. The van der Waals surface area contributed by atoms with Crippen molar-refractivity contribution in [2.45, 2.75) is 22.6 Å². The molecule has 0 aromatic heterocycles. The van der Waals surface area contributed by atoms with Crippen molar-refractivity contribution in [1.29, 1.82) is 0 Å². The number of rotatable bonds is 5. The summed E-state index contributed by atoms with van der Waals surface area (Å²) >= 11 is 1.53. The molecule has 1 saturated heterocycles. The molecule has 1 heterocycles. The van der Waals surface area contributed by atoms with E-state index < -0.39 is 23.9 Å². The lowest BCUT2D eigenvalue weighted by Crippen LogP contribution is -2.37. The highest BCUT2D eigenvalue weighted by molar-refractivity contribution is 8.00. The average Bonchev–Trinajstić information content (AvgIpc) is 2.73. The van der Waals surface area contributed by atoms with Gasteiger partial charge in [0.05, 0.1) is 6.42 Å². The van der Waals surface area contributed by atoms with Gasteiger partial charge in [0.25, 0.3) is 0 Å². The molecule has 0 amide bonds. The molecule has 1 aromatic carbocycles. The van der Waals surface area contributed by atoms with Gasteiger partial charge in [-0.25, -0.2) is 0 Å². The molecule has 102 valence electrons. The first-order valence-electron chi connectivity index (χ1n) is 5.97. The fraction of sp³-hybridized carbons (Fsp3) is 0.385. The Labute approximate surface area is 115 Å². The van der Waals surface area contributed by atoms with Crippen molar-refractivity contribution in [2.75, 3.05) is 6.54 Å². The minimum absolute atomic E-state index is 0.0420. The number of thioether (sulfide) groups is 1. The molecule has 3 atom stereocenters. The van der Waals surface area contributed by atoms with Gasteiger partial charge in [-0.1, -0.05) is 18.2 Å². The minimum atomic E-state index is -0.984. The van der Waals surface area contributed by atoms with Crippen molar-refractivity contribution in [1.82, 2.24) is 5.32 Å². The van der Waals surface area contributed by atoms with Gasteiger partial charge < -0.3 is 15.5 Å². The molecule has 3 N–H and O–H groups in total. The highest BCUT2D eigenvalue weighted by Gasteiger charge is 2.41. The quantitative estimate of drug-likeness (QED) is 0.754. The Hall–Kier alpha value is -1.53. The van der Waals surface area contributed by atoms with Crippen molar-refractivity contribution in [3.05, 3.63) is 30.3 Å². The monoisotopic (exact) mass is 281 g/mol. The van der Waals surface area contributed by atoms with Gasteiger partial charge in [-0.2, -0.15) is 0 Å². The first-order chi connectivity index (χ1) is 9.08. The third kappa shape index (κ3) is 3.48. The number of carboxylic acid groups (broad SMARTS) is 2. The lowest BCUT2D eigenvalue weighted by Gasteiger charge is -2.19. The molecule has 1 aliphatic heterocycles. The lowest BCUT2D eigenvalue weighted by atomic mass is 9.96. The van der Waals surface area contributed by atoms with E-state index >= 15 is 0 Å². The smallest absolute Gasteiger partial charge is 0.321 e. The fourth-order valence-electron chi connectivity index (χ4n) is 2.28. The molecule has 1 unspecified atom stereocenters. The summed E-state index contributed by atoms with van der Waals surface area (Å²) in [6.07, 6.45) is -0.130. The maximum absolute atomic E-state index is 11.1. The number of hydrogen-bond acceptors (Lipinski definition) is 4. The Morgan fingerprint density at radius 3 is 2.53 bits per heavy atom. The molecule has 6 heteroatoms. The molecule has 1 aliphatic rings. The summed E-state index contributed by atoms with van der Waals surface area (Å²) < 4.78 is 0. The molecule has 0 radical (unpaired) electrons. The SMILES string of the molecule is O=C(O)C[C@H]1C(Sc2ccccc2)CN[C@@H]1C(=O)O. The third-order valence-corrected chi connectivity index (χ3v) is 4.52. The largest absolute Gasteiger partial charge is 0.481 e. The molecule has 0 spiro atoms. The van der Waals surface area contributed by atoms with Crippen molar-refractivity contribution in [2.24, 2.45) is 5.92 Å². The standard InChI is InChI=1S/C13H15NO4S/c15-11(16)6-9-10(7-14-12(9)13(17)18)19-8-4-2-1-3-5-8/h1-5,9-10,12,14H,6-7H2,(H,15,16)(H,17,18)/t9-,10?,12-/m0/s1. The first kappa shape index (κ1) is 13.9. The highest BCUT2D eigenvalue weighted by Crippen LogP contribution is 2.34. The van der Waals surface area contributed by atoms with Gasteiger partial charge >= 0.3 is 11.9 Å². The molecular weight excluding hydrogens is 266 g/mol. The van der Waals surface area contributed by atoms with Crippen LogP contribution in [0, 0.1) is 5.92 Å². The molecule has 2 rings (SSSR count). The van der Waals surface area contributed by atoms with Gasteiger partial charge in [0.15, 0.2) is 0 Å². The van der Waals surface area contributed by atoms with Crippen LogP contribution in [0.1, 0.15) is 6.42 Å². The van der Waals surface area contributed by atoms with E-state index in [1.165, 1.54) is 11.8 Å². The van der Waals surface area contributed by atoms with E-state index in [9.17, 15) is 9.59 Å². The van der Waals surface area contributed by atoms with Crippen LogP contribution in [0.15, 0.2) is 35.2 Å². The van der Waals surface area contributed by atoms with Crippen molar-refractivity contribution >= 4 is 23.7 Å². The van der Waals surface area contributed by atoms with Crippen LogP contribution >= 0.6 is 11.8 Å². The molecule has 0 bridgehead atoms. The normalized spacial score (nSPS) is 26.2. The number of nitrogens with one attached hydrogen (secondary N) is 1. The first-order valence-corrected chi connectivity index (χ1v) is 6.85. The minimum Gasteiger partial charge on any atom is -0.481 e. The molecule has 0 aliphatic carbocycles. The maximum Gasteiger partial charge on any atom is 0.321 e. The van der Waals surface area contributed by atoms with E-state index in [1.54, 1.807) is 0 Å². The van der Waals surface area contributed by atoms with Crippen molar-refractivity contribution in [3.63, 3.8) is 0 Å². The van der Waals surface area contributed by atoms with Crippen LogP contribution in [0.2, 0.25) is 0 Å². The summed E-state index contributed by atoms with van der Waals surface area (Å²) in [7, 11) is 0. The fourth-order valence-corrected chi connectivity index (χ4v) is 3.56. The Balaban J connectivity index is 2.10. The van der Waals surface area contributed by atoms with Crippen LogP contribution in [-0.4, -0.2) is 40.0 Å². The van der Waals surface area contributed by atoms with Crippen LogP contribution in [0.3, 0.4) is 0 Å². The second-order valence-electron chi connectivity index (χ2n) is 4.46. The van der Waals surface area contributed by atoms with Gasteiger partial charge in [0.2, 0.25) is 0 Å². The zero-order valence-corrected chi connectivity index (χ0v) is 11.0. The predicted molar refractivity (Wildman–Crippen MR) is 71.3 cm³/mol. The van der Waals surface area contributed by atoms with Crippen LogP contribution in [-0.2, 0) is 9.59 Å². The van der Waals surface area contributed by atoms with Gasteiger partial charge in [-0.05, 0) is 12.1 Å². The van der Waals surface area contributed by atoms with Crippen LogP contribution in [0.25, 0.3) is 0 Å². The van der Waals surface area contributed by atoms with Gasteiger partial charge in [0.1, 0.15) is 6.04 Å². The lowest BCUT2D eigenvalue weighted by molar-refractivity contribution is -0.141. The topological polar surface area (TPSA) is 86.6 Å². The number of carbonyl (C=O) groups is 2. The molecule has 0 saturated carbocycles. The molecule has 19 heavy (non-hydrogen) atoms. The second kappa shape index (κ2) is 6.08. The van der Waals surface area contributed by atoms with Crippen LogP contribution < -0.4 is 5.32 Å². The molecule has 1 aromatic rings. The predicted octanol–water partition coefficient (Wildman–Crippen LogP) is 1.29. The summed E-state index contributed by atoms with van der Waals surface area (Å²) in [6, 6.07) is 8.83. The third-order valence-electron chi connectivity index (χ3n) is 3.15. The summed E-state index contributed by atoms with van der Waals surface area (Å²) in [4.78, 5) is 23.0.